The molecule has 1 amide bonds. The van der Waals surface area contributed by atoms with Gasteiger partial charge in [0.15, 0.2) is 0 Å². The summed E-state index contributed by atoms with van der Waals surface area (Å²) in [7, 11) is 0. The molecule has 182 valence electrons. The van der Waals surface area contributed by atoms with E-state index < -0.39 is 6.09 Å². The van der Waals surface area contributed by atoms with E-state index in [1.165, 1.54) is 6.42 Å². The third kappa shape index (κ3) is 4.85. The van der Waals surface area contributed by atoms with Crippen LogP contribution in [0.5, 0.6) is 5.75 Å². The summed E-state index contributed by atoms with van der Waals surface area (Å²) in [5, 5.41) is 13.9. The second-order valence-corrected chi connectivity index (χ2v) is 9.56. The molecule has 1 saturated carbocycles. The fourth-order valence-electron chi connectivity index (χ4n) is 4.84. The van der Waals surface area contributed by atoms with Crippen molar-refractivity contribution in [3.8, 4) is 23.1 Å². The zero-order valence-electron chi connectivity index (χ0n) is 20.3. The van der Waals surface area contributed by atoms with E-state index in [0.29, 0.717) is 17.3 Å². The number of nitrogens with zero attached hydrogens (tertiary/aromatic N) is 2. The molecule has 2 heterocycles. The highest BCUT2D eigenvalue weighted by Crippen LogP contribution is 2.43. The maximum Gasteiger partial charge on any atom is 0.411 e. The topological polar surface area (TPSA) is 85.5 Å². The van der Waals surface area contributed by atoms with Crippen LogP contribution in [0.15, 0.2) is 42.5 Å². The van der Waals surface area contributed by atoms with Gasteiger partial charge in [0.25, 0.3) is 0 Å². The first-order valence-electron chi connectivity index (χ1n) is 12.4. The Morgan fingerprint density at radius 2 is 1.86 bits per heavy atom. The second kappa shape index (κ2) is 10.0. The van der Waals surface area contributed by atoms with Crippen LogP contribution < -0.4 is 10.1 Å². The summed E-state index contributed by atoms with van der Waals surface area (Å²) >= 11 is 0. The molecule has 0 atom stereocenters. The van der Waals surface area contributed by atoms with E-state index in [1.54, 1.807) is 0 Å². The summed E-state index contributed by atoms with van der Waals surface area (Å²) < 4.78 is 19.2. The summed E-state index contributed by atoms with van der Waals surface area (Å²) in [6, 6.07) is 16.5. The summed E-state index contributed by atoms with van der Waals surface area (Å²) in [6.45, 7) is 5.08. The summed E-state index contributed by atoms with van der Waals surface area (Å²) in [5.74, 6) is 0.835. The molecular formula is C28H31N3O4. The molecule has 2 aliphatic rings. The van der Waals surface area contributed by atoms with Crippen molar-refractivity contribution in [1.82, 2.24) is 4.57 Å². The number of nitrogens with one attached hydrogen (secondary N) is 1. The Balaban J connectivity index is 1.51. The molecule has 2 fully saturated rings. The predicted octanol–water partition coefficient (Wildman–Crippen LogP) is 6.42. The molecule has 7 nitrogen and oxygen atoms in total. The second-order valence-electron chi connectivity index (χ2n) is 9.56. The lowest BCUT2D eigenvalue weighted by molar-refractivity contribution is 0.0256. The normalized spacial score (nSPS) is 16.6. The van der Waals surface area contributed by atoms with Crippen molar-refractivity contribution in [2.75, 3.05) is 18.5 Å². The minimum absolute atomic E-state index is 0.158. The highest BCUT2D eigenvalue weighted by molar-refractivity contribution is 5.96. The first-order valence-corrected chi connectivity index (χ1v) is 12.4. The third-order valence-electron chi connectivity index (χ3n) is 6.75. The van der Waals surface area contributed by atoms with Crippen LogP contribution in [0.1, 0.15) is 57.6 Å². The van der Waals surface area contributed by atoms with E-state index in [4.69, 9.17) is 14.2 Å². The van der Waals surface area contributed by atoms with Crippen molar-refractivity contribution in [2.45, 2.75) is 64.2 Å². The van der Waals surface area contributed by atoms with Crippen molar-refractivity contribution in [3.05, 3.63) is 48.0 Å². The first kappa shape index (κ1) is 23.3. The maximum atomic E-state index is 12.0. The van der Waals surface area contributed by atoms with E-state index >= 15 is 0 Å². The molecule has 1 aromatic heterocycles. The SMILES string of the molecule is CC(C)OC(=O)Nc1ccc(-c2c(C#N)c3ccc(OC4CCOCC4)cc3n2C2CCC2)cc1. The molecule has 0 radical (unpaired) electrons. The average molecular weight is 474 g/mol. The Hall–Kier alpha value is -3.50. The van der Waals surface area contributed by atoms with E-state index in [0.717, 1.165) is 66.8 Å². The summed E-state index contributed by atoms with van der Waals surface area (Å²) in [5.41, 5.74) is 4.22. The van der Waals surface area contributed by atoms with Gasteiger partial charge in [0.1, 0.15) is 17.9 Å². The lowest BCUT2D eigenvalue weighted by atomic mass is 9.92. The van der Waals surface area contributed by atoms with Gasteiger partial charge in [-0.25, -0.2) is 4.79 Å². The van der Waals surface area contributed by atoms with Gasteiger partial charge in [0.2, 0.25) is 0 Å². The van der Waals surface area contributed by atoms with Gasteiger partial charge in [-0.2, -0.15) is 5.26 Å². The Morgan fingerprint density at radius 3 is 2.49 bits per heavy atom. The van der Waals surface area contributed by atoms with Crippen LogP contribution in [-0.4, -0.2) is 36.1 Å². The number of anilines is 1. The molecule has 1 aliphatic carbocycles. The van der Waals surface area contributed by atoms with Gasteiger partial charge >= 0.3 is 6.09 Å². The fourth-order valence-corrected chi connectivity index (χ4v) is 4.84. The minimum atomic E-state index is -0.480. The zero-order chi connectivity index (χ0) is 24.4. The van der Waals surface area contributed by atoms with Crippen LogP contribution in [0.4, 0.5) is 10.5 Å². The molecule has 5 rings (SSSR count). The van der Waals surface area contributed by atoms with Crippen molar-refractivity contribution in [3.63, 3.8) is 0 Å². The van der Waals surface area contributed by atoms with E-state index in [1.807, 2.05) is 50.2 Å². The first-order chi connectivity index (χ1) is 17.0. The number of aromatic nitrogens is 1. The van der Waals surface area contributed by atoms with Crippen LogP contribution >= 0.6 is 0 Å². The monoisotopic (exact) mass is 473 g/mol. The van der Waals surface area contributed by atoms with E-state index in [-0.39, 0.29) is 12.2 Å². The Bertz CT molecular complexity index is 1250. The predicted molar refractivity (Wildman–Crippen MR) is 135 cm³/mol. The van der Waals surface area contributed by atoms with Crippen LogP contribution in [-0.2, 0) is 9.47 Å². The quantitative estimate of drug-likeness (QED) is 0.446. The molecule has 2 aromatic carbocycles. The van der Waals surface area contributed by atoms with Gasteiger partial charge in [-0.05, 0) is 62.9 Å². The van der Waals surface area contributed by atoms with Crippen LogP contribution in [0.3, 0.4) is 0 Å². The summed E-state index contributed by atoms with van der Waals surface area (Å²) in [6.07, 6.45) is 4.64. The molecule has 1 N–H and O–H groups in total. The van der Waals surface area contributed by atoms with Crippen LogP contribution in [0.2, 0.25) is 0 Å². The fraction of sp³-hybridized carbons (Fsp3) is 0.429. The van der Waals surface area contributed by atoms with Gasteiger partial charge < -0.3 is 18.8 Å². The molecule has 0 spiro atoms. The maximum absolute atomic E-state index is 12.0. The van der Waals surface area contributed by atoms with Crippen molar-refractivity contribution in [2.24, 2.45) is 0 Å². The van der Waals surface area contributed by atoms with E-state index in [2.05, 4.69) is 22.0 Å². The Morgan fingerprint density at radius 1 is 1.11 bits per heavy atom. The van der Waals surface area contributed by atoms with Crippen molar-refractivity contribution < 1.29 is 19.0 Å². The number of hydrogen-bond acceptors (Lipinski definition) is 5. The summed E-state index contributed by atoms with van der Waals surface area (Å²) in [4.78, 5) is 12.0. The van der Waals surface area contributed by atoms with Gasteiger partial charge in [-0.3, -0.25) is 5.32 Å². The molecular weight excluding hydrogens is 442 g/mol. The van der Waals surface area contributed by atoms with Gasteiger partial charge in [-0.15, -0.1) is 0 Å². The highest BCUT2D eigenvalue weighted by atomic mass is 16.6. The molecule has 7 heteroatoms. The average Bonchev–Trinajstić information content (AvgIpc) is 3.12. The molecule has 3 aromatic rings. The number of carbonyl (C=O) groups excluding carboxylic acids is 1. The smallest absolute Gasteiger partial charge is 0.411 e. The number of hydrogen-bond donors (Lipinski definition) is 1. The van der Waals surface area contributed by atoms with Crippen molar-refractivity contribution >= 4 is 22.7 Å². The molecule has 1 aliphatic heterocycles. The molecule has 0 unspecified atom stereocenters. The largest absolute Gasteiger partial charge is 0.490 e. The number of carbonyl (C=O) groups is 1. The Kier molecular flexibility index (Phi) is 6.65. The van der Waals surface area contributed by atoms with Crippen LogP contribution in [0.25, 0.3) is 22.2 Å². The number of amides is 1. The standard InChI is InChI=1S/C28H31N3O4/c1-18(2)34-28(32)30-20-8-6-19(7-9-20)27-25(17-29)24-11-10-23(35-22-12-14-33-15-13-22)16-26(24)31(27)21-4-3-5-21/h6-11,16,18,21-22H,3-5,12-15H2,1-2H3,(H,30,32). The molecule has 35 heavy (non-hydrogen) atoms. The number of ether oxygens (including phenoxy) is 3. The lowest BCUT2D eigenvalue weighted by Crippen LogP contribution is -2.25. The van der Waals surface area contributed by atoms with Gasteiger partial charge in [0, 0.05) is 36.0 Å². The zero-order valence-corrected chi connectivity index (χ0v) is 20.3. The van der Waals surface area contributed by atoms with E-state index in [9.17, 15) is 10.1 Å². The number of nitriles is 1. The Labute approximate surface area is 205 Å². The molecule has 0 bridgehead atoms. The van der Waals surface area contributed by atoms with Crippen LogP contribution in [0, 0.1) is 11.3 Å². The minimum Gasteiger partial charge on any atom is -0.490 e. The van der Waals surface area contributed by atoms with Gasteiger partial charge in [-0.1, -0.05) is 12.1 Å². The highest BCUT2D eigenvalue weighted by Gasteiger charge is 2.28. The number of benzene rings is 2. The van der Waals surface area contributed by atoms with Gasteiger partial charge in [0.05, 0.1) is 36.1 Å². The number of rotatable bonds is 6. The molecule has 1 saturated heterocycles. The lowest BCUT2D eigenvalue weighted by Gasteiger charge is -2.30. The number of fused-ring (bicyclic) bond motifs is 1. The van der Waals surface area contributed by atoms with Crippen molar-refractivity contribution in [1.29, 1.82) is 5.26 Å². The third-order valence-corrected chi connectivity index (χ3v) is 6.75.